The monoisotopic (exact) mass is 397 g/mol. The van der Waals surface area contributed by atoms with Gasteiger partial charge in [0.05, 0.1) is 0 Å². The molecule has 0 spiro atoms. The Kier molecular flexibility index (Phi) is 3.94. The molecule has 0 saturated carbocycles. The van der Waals surface area contributed by atoms with Gasteiger partial charge >= 0.3 is 10.1 Å². The lowest BCUT2D eigenvalue weighted by Crippen LogP contribution is -2.19. The van der Waals surface area contributed by atoms with Crippen LogP contribution in [0.4, 0.5) is 5.69 Å². The quantitative estimate of drug-likeness (QED) is 0.676. The topological polar surface area (TPSA) is 85.6 Å². The average molecular weight is 397 g/mol. The Morgan fingerprint density at radius 3 is 2.71 bits per heavy atom. The molecule has 0 bridgehead atoms. The number of nitrogens with one attached hydrogen (secondary N) is 1. The first-order valence-electron chi connectivity index (χ1n) is 9.41. The minimum absolute atomic E-state index is 0.0592. The average Bonchev–Trinajstić information content (AvgIpc) is 3.05. The van der Waals surface area contributed by atoms with E-state index in [-0.39, 0.29) is 16.6 Å². The molecule has 0 saturated heterocycles. The summed E-state index contributed by atoms with van der Waals surface area (Å²) in [5, 5.41) is 3.68. The zero-order valence-electron chi connectivity index (χ0n) is 15.2. The van der Waals surface area contributed by atoms with Crippen molar-refractivity contribution in [3.8, 4) is 5.75 Å². The predicted molar refractivity (Wildman–Crippen MR) is 104 cm³/mol. The van der Waals surface area contributed by atoms with Gasteiger partial charge in [0.15, 0.2) is 0 Å². The normalized spacial score (nSPS) is 16.4. The second-order valence-corrected chi connectivity index (χ2v) is 8.82. The number of hydrogen-bond acceptors (Lipinski definition) is 5. The number of aryl methyl sites for hydroxylation is 3. The molecular formula is C21H19NO5S. The SMILES string of the molecule is O=C1CCc2cc(S(=O)(=O)Oc3ccc4oc5c(c4c3)CCCC5)ccc2N1. The number of amides is 1. The van der Waals surface area contributed by atoms with Crippen molar-refractivity contribution in [3.63, 3.8) is 0 Å². The smallest absolute Gasteiger partial charge is 0.339 e. The standard InChI is InChI=1S/C21H19NO5S/c23-21-10-5-13-11-15(7-8-18(13)22-21)28(24,25)27-14-6-9-20-17(12-14)16-3-1-2-4-19(16)26-20/h6-9,11-12H,1-5,10H2,(H,22,23). The molecule has 2 aromatic carbocycles. The Morgan fingerprint density at radius 2 is 1.82 bits per heavy atom. The molecule has 28 heavy (non-hydrogen) atoms. The van der Waals surface area contributed by atoms with Crippen LogP contribution < -0.4 is 9.50 Å². The summed E-state index contributed by atoms with van der Waals surface area (Å²) in [5.74, 6) is 1.21. The number of hydrogen-bond donors (Lipinski definition) is 1. The molecular weight excluding hydrogens is 378 g/mol. The van der Waals surface area contributed by atoms with Crippen molar-refractivity contribution in [2.24, 2.45) is 0 Å². The summed E-state index contributed by atoms with van der Waals surface area (Å²) in [6, 6.07) is 9.77. The maximum atomic E-state index is 12.8. The van der Waals surface area contributed by atoms with Crippen LogP contribution >= 0.6 is 0 Å². The summed E-state index contributed by atoms with van der Waals surface area (Å²) in [5.41, 5.74) is 3.38. The van der Waals surface area contributed by atoms with Gasteiger partial charge in [-0.2, -0.15) is 8.42 Å². The van der Waals surface area contributed by atoms with Crippen molar-refractivity contribution >= 4 is 32.7 Å². The molecule has 2 heterocycles. The summed E-state index contributed by atoms with van der Waals surface area (Å²) in [6.45, 7) is 0. The second kappa shape index (κ2) is 6.38. The summed E-state index contributed by atoms with van der Waals surface area (Å²) in [4.78, 5) is 11.6. The largest absolute Gasteiger partial charge is 0.461 e. The summed E-state index contributed by atoms with van der Waals surface area (Å²) in [6.07, 6.45) is 4.94. The second-order valence-electron chi connectivity index (χ2n) is 7.27. The molecule has 7 heteroatoms. The van der Waals surface area contributed by atoms with Crippen LogP contribution in [0.25, 0.3) is 11.0 Å². The van der Waals surface area contributed by atoms with Crippen LogP contribution in [-0.4, -0.2) is 14.3 Å². The van der Waals surface area contributed by atoms with E-state index >= 15 is 0 Å². The van der Waals surface area contributed by atoms with Crippen LogP contribution in [0.2, 0.25) is 0 Å². The van der Waals surface area contributed by atoms with Gasteiger partial charge in [-0.25, -0.2) is 0 Å². The van der Waals surface area contributed by atoms with E-state index in [0.717, 1.165) is 53.5 Å². The van der Waals surface area contributed by atoms with Crippen LogP contribution in [0.1, 0.15) is 36.1 Å². The Hall–Kier alpha value is -2.80. The third kappa shape index (κ3) is 2.96. The maximum absolute atomic E-state index is 12.8. The molecule has 2 aliphatic rings. The lowest BCUT2D eigenvalue weighted by atomic mass is 9.96. The highest BCUT2D eigenvalue weighted by Crippen LogP contribution is 2.35. The van der Waals surface area contributed by atoms with Crippen LogP contribution in [0.3, 0.4) is 0 Å². The number of rotatable bonds is 3. The van der Waals surface area contributed by atoms with E-state index in [0.29, 0.717) is 18.5 Å². The molecule has 1 aliphatic carbocycles. The van der Waals surface area contributed by atoms with Crippen LogP contribution in [0.15, 0.2) is 45.7 Å². The zero-order chi connectivity index (χ0) is 19.3. The molecule has 0 radical (unpaired) electrons. The molecule has 1 aromatic heterocycles. The molecule has 144 valence electrons. The van der Waals surface area contributed by atoms with Crippen molar-refractivity contribution in [1.82, 2.24) is 0 Å². The van der Waals surface area contributed by atoms with Gasteiger partial charge < -0.3 is 13.9 Å². The fourth-order valence-corrected chi connectivity index (χ4v) is 4.96. The Morgan fingerprint density at radius 1 is 0.964 bits per heavy atom. The molecule has 3 aromatic rings. The fraction of sp³-hybridized carbons (Fsp3) is 0.286. The van der Waals surface area contributed by atoms with E-state index in [1.807, 2.05) is 0 Å². The molecule has 0 atom stereocenters. The highest BCUT2D eigenvalue weighted by Gasteiger charge is 2.23. The third-order valence-corrected chi connectivity index (χ3v) is 6.64. The summed E-state index contributed by atoms with van der Waals surface area (Å²) in [7, 11) is -3.98. The molecule has 1 amide bonds. The van der Waals surface area contributed by atoms with Gasteiger partial charge in [0.1, 0.15) is 22.0 Å². The first kappa shape index (κ1) is 17.3. The zero-order valence-corrected chi connectivity index (χ0v) is 16.0. The van der Waals surface area contributed by atoms with E-state index in [2.05, 4.69) is 5.32 Å². The van der Waals surface area contributed by atoms with Gasteiger partial charge in [-0.15, -0.1) is 0 Å². The number of furan rings is 1. The first-order valence-corrected chi connectivity index (χ1v) is 10.8. The number of carbonyl (C=O) groups excluding carboxylic acids is 1. The maximum Gasteiger partial charge on any atom is 0.339 e. The molecule has 6 nitrogen and oxygen atoms in total. The Labute approximate surface area is 162 Å². The van der Waals surface area contributed by atoms with Gasteiger partial charge in [0.2, 0.25) is 5.91 Å². The van der Waals surface area contributed by atoms with Crippen molar-refractivity contribution < 1.29 is 21.8 Å². The highest BCUT2D eigenvalue weighted by molar-refractivity contribution is 7.87. The van der Waals surface area contributed by atoms with Crippen LogP contribution in [0, 0.1) is 0 Å². The Bertz CT molecular complexity index is 1210. The molecule has 1 N–H and O–H groups in total. The fourth-order valence-electron chi connectivity index (χ4n) is 3.98. The number of carbonyl (C=O) groups is 1. The van der Waals surface area contributed by atoms with Crippen molar-refractivity contribution in [1.29, 1.82) is 0 Å². The van der Waals surface area contributed by atoms with E-state index in [4.69, 9.17) is 8.60 Å². The van der Waals surface area contributed by atoms with Gasteiger partial charge in [-0.3, -0.25) is 4.79 Å². The van der Waals surface area contributed by atoms with Crippen molar-refractivity contribution in [2.45, 2.75) is 43.4 Å². The number of anilines is 1. The Balaban J connectivity index is 1.47. The van der Waals surface area contributed by atoms with Gasteiger partial charge in [-0.05, 0) is 67.6 Å². The lowest BCUT2D eigenvalue weighted by Gasteiger charge is -2.17. The van der Waals surface area contributed by atoms with Crippen LogP contribution in [-0.2, 0) is 34.2 Å². The number of benzene rings is 2. The predicted octanol–water partition coefficient (Wildman–Crippen LogP) is 3.96. The highest BCUT2D eigenvalue weighted by atomic mass is 32.2. The minimum Gasteiger partial charge on any atom is -0.461 e. The van der Waals surface area contributed by atoms with E-state index in [1.54, 1.807) is 30.3 Å². The third-order valence-electron chi connectivity index (χ3n) is 5.39. The van der Waals surface area contributed by atoms with Gasteiger partial charge in [0, 0.05) is 29.5 Å². The van der Waals surface area contributed by atoms with Crippen molar-refractivity contribution in [2.75, 3.05) is 5.32 Å². The van der Waals surface area contributed by atoms with E-state index < -0.39 is 10.1 Å². The minimum atomic E-state index is -3.98. The summed E-state index contributed by atoms with van der Waals surface area (Å²) < 4.78 is 36.9. The first-order chi connectivity index (χ1) is 13.5. The van der Waals surface area contributed by atoms with E-state index in [1.165, 1.54) is 6.07 Å². The molecule has 5 rings (SSSR count). The van der Waals surface area contributed by atoms with Gasteiger partial charge in [-0.1, -0.05) is 0 Å². The molecule has 0 fully saturated rings. The van der Waals surface area contributed by atoms with Crippen LogP contribution in [0.5, 0.6) is 5.75 Å². The van der Waals surface area contributed by atoms with Crippen molar-refractivity contribution in [3.05, 3.63) is 53.3 Å². The van der Waals surface area contributed by atoms with Gasteiger partial charge in [0.25, 0.3) is 0 Å². The molecule has 0 unspecified atom stereocenters. The summed E-state index contributed by atoms with van der Waals surface area (Å²) >= 11 is 0. The lowest BCUT2D eigenvalue weighted by molar-refractivity contribution is -0.116. The number of fused-ring (bicyclic) bond motifs is 4. The van der Waals surface area contributed by atoms with E-state index in [9.17, 15) is 13.2 Å². The molecule has 1 aliphatic heterocycles.